The summed E-state index contributed by atoms with van der Waals surface area (Å²) in [5, 5.41) is 0.649. The minimum Gasteiger partial charge on any atom is -0.385 e. The zero-order chi connectivity index (χ0) is 7.82. The molecule has 0 radical (unpaired) electrons. The molecule has 3 nitrogen and oxygen atoms in total. The summed E-state index contributed by atoms with van der Waals surface area (Å²) in [7, 11) is 3.39. The zero-order valence-corrected chi connectivity index (χ0v) is 8.50. The summed E-state index contributed by atoms with van der Waals surface area (Å²) in [6.45, 7) is 0.796. The zero-order valence-electron chi connectivity index (χ0n) is 6.87. The molecule has 0 saturated heterocycles. The van der Waals surface area contributed by atoms with Gasteiger partial charge in [-0.25, -0.2) is 0 Å². The van der Waals surface area contributed by atoms with Crippen molar-refractivity contribution in [3.63, 3.8) is 0 Å². The second-order valence-corrected chi connectivity index (χ2v) is 2.87. The lowest BCUT2D eigenvalue weighted by molar-refractivity contribution is 0.200. The van der Waals surface area contributed by atoms with Gasteiger partial charge in [-0.2, -0.15) is 0 Å². The van der Waals surface area contributed by atoms with Crippen LogP contribution in [0.5, 0.6) is 0 Å². The van der Waals surface area contributed by atoms with Gasteiger partial charge in [0.05, 0.1) is 0 Å². The fraction of sp³-hybridized carbons (Fsp3) is 0.833. The third kappa shape index (κ3) is 10.1. The SMILES string of the molecule is CN=C(N)SCCCOC.Cl. The molecule has 0 saturated carbocycles. The van der Waals surface area contributed by atoms with E-state index in [2.05, 4.69) is 4.99 Å². The number of hydrogen-bond donors (Lipinski definition) is 1. The number of nitrogens with zero attached hydrogens (tertiary/aromatic N) is 1. The summed E-state index contributed by atoms with van der Waals surface area (Å²) >= 11 is 1.56. The van der Waals surface area contributed by atoms with Crippen molar-refractivity contribution >= 4 is 29.3 Å². The quantitative estimate of drug-likeness (QED) is 0.419. The third-order valence-corrected chi connectivity index (χ3v) is 1.93. The van der Waals surface area contributed by atoms with Gasteiger partial charge in [-0.3, -0.25) is 4.99 Å². The average Bonchev–Trinajstić information content (AvgIpc) is 1.98. The van der Waals surface area contributed by atoms with Crippen LogP contribution in [-0.2, 0) is 4.74 Å². The molecule has 0 amide bonds. The molecule has 0 unspecified atom stereocenters. The summed E-state index contributed by atoms with van der Waals surface area (Å²) < 4.78 is 4.86. The van der Waals surface area contributed by atoms with Crippen LogP contribution in [0.2, 0.25) is 0 Å². The number of ether oxygens (including phenoxy) is 1. The molecule has 0 aromatic carbocycles. The van der Waals surface area contributed by atoms with E-state index in [1.165, 1.54) is 0 Å². The lowest BCUT2D eigenvalue weighted by Crippen LogP contribution is -2.07. The number of rotatable bonds is 4. The third-order valence-electron chi connectivity index (χ3n) is 0.963. The molecule has 0 heterocycles. The highest BCUT2D eigenvalue weighted by Crippen LogP contribution is 2.01. The number of hydrogen-bond acceptors (Lipinski definition) is 3. The summed E-state index contributed by atoms with van der Waals surface area (Å²) in [6, 6.07) is 0. The van der Waals surface area contributed by atoms with Gasteiger partial charge < -0.3 is 10.5 Å². The summed E-state index contributed by atoms with van der Waals surface area (Å²) in [5.41, 5.74) is 5.43. The van der Waals surface area contributed by atoms with Gasteiger partial charge in [0.2, 0.25) is 0 Å². The van der Waals surface area contributed by atoms with Crippen molar-refractivity contribution in [1.82, 2.24) is 0 Å². The fourth-order valence-electron chi connectivity index (χ4n) is 0.445. The van der Waals surface area contributed by atoms with Crippen molar-refractivity contribution < 1.29 is 4.74 Å². The van der Waals surface area contributed by atoms with E-state index in [1.54, 1.807) is 25.9 Å². The Kier molecular flexibility index (Phi) is 12.5. The Bertz CT molecular complexity index is 111. The van der Waals surface area contributed by atoms with E-state index in [0.29, 0.717) is 5.17 Å². The summed E-state index contributed by atoms with van der Waals surface area (Å²) in [4.78, 5) is 3.80. The first kappa shape index (κ1) is 13.6. The second-order valence-electron chi connectivity index (χ2n) is 1.76. The molecule has 0 rings (SSSR count). The van der Waals surface area contributed by atoms with E-state index in [-0.39, 0.29) is 12.4 Å². The Morgan fingerprint density at radius 1 is 1.64 bits per heavy atom. The van der Waals surface area contributed by atoms with Crippen LogP contribution < -0.4 is 5.73 Å². The molecule has 0 aromatic heterocycles. The van der Waals surface area contributed by atoms with E-state index in [4.69, 9.17) is 10.5 Å². The lowest BCUT2D eigenvalue weighted by atomic mass is 10.5. The Morgan fingerprint density at radius 3 is 2.73 bits per heavy atom. The molecular formula is C6H15ClN2OS. The predicted octanol–water partition coefficient (Wildman–Crippen LogP) is 1.12. The minimum absolute atomic E-state index is 0. The second kappa shape index (κ2) is 10.1. The van der Waals surface area contributed by atoms with Crippen molar-refractivity contribution in [1.29, 1.82) is 0 Å². The highest BCUT2D eigenvalue weighted by Gasteiger charge is 1.90. The molecule has 0 aliphatic heterocycles. The standard InChI is InChI=1S/C6H14N2OS.ClH/c1-8-6(7)10-5-3-4-9-2;/h3-5H2,1-2H3,(H2,7,8);1H. The Labute approximate surface area is 78.2 Å². The maximum atomic E-state index is 5.43. The number of nitrogens with two attached hydrogens (primary N) is 1. The number of thioether (sulfide) groups is 1. The van der Waals surface area contributed by atoms with Crippen LogP contribution in [0.25, 0.3) is 0 Å². The topological polar surface area (TPSA) is 47.6 Å². The monoisotopic (exact) mass is 198 g/mol. The maximum absolute atomic E-state index is 5.43. The molecular weight excluding hydrogens is 184 g/mol. The molecule has 11 heavy (non-hydrogen) atoms. The number of halogens is 1. The van der Waals surface area contributed by atoms with E-state index in [0.717, 1.165) is 18.8 Å². The van der Waals surface area contributed by atoms with E-state index in [1.807, 2.05) is 0 Å². The normalized spacial score (nSPS) is 10.9. The number of aliphatic imine (C=N–C) groups is 1. The Morgan fingerprint density at radius 2 is 2.27 bits per heavy atom. The highest BCUT2D eigenvalue weighted by atomic mass is 35.5. The first-order valence-electron chi connectivity index (χ1n) is 3.15. The van der Waals surface area contributed by atoms with Gasteiger partial charge in [-0.1, -0.05) is 11.8 Å². The fourth-order valence-corrected chi connectivity index (χ4v) is 1.04. The lowest BCUT2D eigenvalue weighted by Gasteiger charge is -1.98. The van der Waals surface area contributed by atoms with Crippen LogP contribution in [-0.4, -0.2) is 31.7 Å². The maximum Gasteiger partial charge on any atom is 0.153 e. The van der Waals surface area contributed by atoms with Crippen LogP contribution in [0, 0.1) is 0 Å². The van der Waals surface area contributed by atoms with Crippen LogP contribution in [0.15, 0.2) is 4.99 Å². The molecule has 0 aromatic rings. The molecule has 5 heteroatoms. The van der Waals surface area contributed by atoms with Crippen molar-refractivity contribution in [2.45, 2.75) is 6.42 Å². The van der Waals surface area contributed by atoms with Crippen molar-refractivity contribution in [3.8, 4) is 0 Å². The van der Waals surface area contributed by atoms with E-state index < -0.39 is 0 Å². The summed E-state index contributed by atoms with van der Waals surface area (Å²) in [5.74, 6) is 0.983. The Hall–Kier alpha value is 0.0700. The molecule has 0 aliphatic carbocycles. The van der Waals surface area contributed by atoms with Crippen LogP contribution >= 0.6 is 24.2 Å². The van der Waals surface area contributed by atoms with Crippen molar-refractivity contribution in [3.05, 3.63) is 0 Å². The van der Waals surface area contributed by atoms with Gasteiger partial charge in [-0.05, 0) is 6.42 Å². The first-order chi connectivity index (χ1) is 4.81. The van der Waals surface area contributed by atoms with Gasteiger partial charge >= 0.3 is 0 Å². The van der Waals surface area contributed by atoms with Gasteiger partial charge in [0.15, 0.2) is 5.17 Å². The van der Waals surface area contributed by atoms with Gasteiger partial charge in [-0.15, -0.1) is 12.4 Å². The van der Waals surface area contributed by atoms with Gasteiger partial charge in [0.1, 0.15) is 0 Å². The summed E-state index contributed by atoms with van der Waals surface area (Å²) in [6.07, 6.45) is 1.03. The Balaban J connectivity index is 0. The van der Waals surface area contributed by atoms with Crippen LogP contribution in [0.3, 0.4) is 0 Å². The number of methoxy groups -OCH3 is 1. The predicted molar refractivity (Wildman–Crippen MR) is 53.7 cm³/mol. The smallest absolute Gasteiger partial charge is 0.153 e. The minimum atomic E-state index is 0. The highest BCUT2D eigenvalue weighted by molar-refractivity contribution is 8.13. The van der Waals surface area contributed by atoms with Crippen LogP contribution in [0.1, 0.15) is 6.42 Å². The number of amidine groups is 1. The van der Waals surface area contributed by atoms with Crippen molar-refractivity contribution in [2.24, 2.45) is 10.7 Å². The molecule has 0 fully saturated rings. The molecule has 0 spiro atoms. The van der Waals surface area contributed by atoms with Gasteiger partial charge in [0, 0.05) is 26.5 Å². The molecule has 68 valence electrons. The molecule has 0 bridgehead atoms. The average molecular weight is 199 g/mol. The molecule has 0 aliphatic rings. The van der Waals surface area contributed by atoms with Gasteiger partial charge in [0.25, 0.3) is 0 Å². The molecule has 0 atom stereocenters. The van der Waals surface area contributed by atoms with Crippen LogP contribution in [0.4, 0.5) is 0 Å². The first-order valence-corrected chi connectivity index (χ1v) is 4.13. The van der Waals surface area contributed by atoms with E-state index >= 15 is 0 Å². The van der Waals surface area contributed by atoms with E-state index in [9.17, 15) is 0 Å². The molecule has 2 N–H and O–H groups in total. The van der Waals surface area contributed by atoms with Crippen molar-refractivity contribution in [2.75, 3.05) is 26.5 Å². The largest absolute Gasteiger partial charge is 0.385 e.